The molecule has 1 amide bonds. The quantitative estimate of drug-likeness (QED) is 0.414. The largest absolute Gasteiger partial charge is 0.356 e. The van der Waals surface area contributed by atoms with Crippen LogP contribution in [-0.2, 0) is 17.1 Å². The highest BCUT2D eigenvalue weighted by Gasteiger charge is 2.17. The first kappa shape index (κ1) is 22.1. The second kappa shape index (κ2) is 9.56. The molecule has 0 unspecified atom stereocenters. The van der Waals surface area contributed by atoms with E-state index in [-0.39, 0.29) is 24.4 Å². The van der Waals surface area contributed by atoms with Gasteiger partial charge in [-0.05, 0) is 30.5 Å². The zero-order valence-electron chi connectivity index (χ0n) is 18.5. The summed E-state index contributed by atoms with van der Waals surface area (Å²) in [6, 6.07) is 15.9. The van der Waals surface area contributed by atoms with Crippen molar-refractivity contribution < 1.29 is 4.79 Å². The van der Waals surface area contributed by atoms with Crippen molar-refractivity contribution in [1.29, 1.82) is 0 Å². The minimum absolute atomic E-state index is 0.0783. The van der Waals surface area contributed by atoms with Crippen molar-refractivity contribution in [2.45, 2.75) is 44.6 Å². The predicted octanol–water partition coefficient (Wildman–Crippen LogP) is 3.81. The van der Waals surface area contributed by atoms with Crippen LogP contribution in [0.4, 0.5) is 0 Å². The number of nitrogens with zero attached hydrogens (tertiary/aromatic N) is 4. The Balaban J connectivity index is 1.68. The highest BCUT2D eigenvalue weighted by Crippen LogP contribution is 2.25. The van der Waals surface area contributed by atoms with E-state index in [1.165, 1.54) is 11.1 Å². The van der Waals surface area contributed by atoms with Crippen LogP contribution in [0.3, 0.4) is 0 Å². The average Bonchev–Trinajstić information content (AvgIpc) is 3.21. The van der Waals surface area contributed by atoms with Gasteiger partial charge in [-0.2, -0.15) is 0 Å². The molecule has 2 heterocycles. The number of benzene rings is 2. The van der Waals surface area contributed by atoms with Gasteiger partial charge in [-0.3, -0.25) is 18.6 Å². The number of amides is 1. The molecule has 4 aromatic rings. The Hall–Kier alpha value is -3.13. The van der Waals surface area contributed by atoms with Crippen molar-refractivity contribution in [2.24, 2.45) is 5.92 Å². The SMILES string of the molecule is Cc1ccc(CSc2nnc3n(CCC(=O)NCC(C)C)c(=O)c4ccccc4n23)cc1. The van der Waals surface area contributed by atoms with E-state index >= 15 is 0 Å². The third kappa shape index (κ3) is 4.70. The van der Waals surface area contributed by atoms with Crippen LogP contribution in [0.5, 0.6) is 0 Å². The van der Waals surface area contributed by atoms with Gasteiger partial charge in [0.05, 0.1) is 10.9 Å². The van der Waals surface area contributed by atoms with Crippen LogP contribution in [0.2, 0.25) is 0 Å². The van der Waals surface area contributed by atoms with E-state index in [1.807, 2.05) is 36.4 Å². The van der Waals surface area contributed by atoms with Crippen LogP contribution in [0.25, 0.3) is 16.7 Å². The van der Waals surface area contributed by atoms with Crippen molar-refractivity contribution in [3.8, 4) is 0 Å². The number of carbonyl (C=O) groups is 1. The van der Waals surface area contributed by atoms with E-state index in [2.05, 4.69) is 46.7 Å². The van der Waals surface area contributed by atoms with E-state index in [9.17, 15) is 9.59 Å². The van der Waals surface area contributed by atoms with Gasteiger partial charge in [-0.1, -0.05) is 67.6 Å². The van der Waals surface area contributed by atoms with Crippen molar-refractivity contribution in [3.05, 3.63) is 70.0 Å². The zero-order chi connectivity index (χ0) is 22.7. The number of fused-ring (bicyclic) bond motifs is 3. The monoisotopic (exact) mass is 449 g/mol. The van der Waals surface area contributed by atoms with E-state index in [0.717, 1.165) is 16.4 Å². The van der Waals surface area contributed by atoms with Gasteiger partial charge in [-0.15, -0.1) is 10.2 Å². The van der Waals surface area contributed by atoms with E-state index < -0.39 is 0 Å². The van der Waals surface area contributed by atoms with Gasteiger partial charge in [0, 0.05) is 25.3 Å². The maximum absolute atomic E-state index is 13.2. The summed E-state index contributed by atoms with van der Waals surface area (Å²) in [6.07, 6.45) is 0.208. The molecule has 0 spiro atoms. The standard InChI is InChI=1S/C24H27N5O2S/c1-16(2)14-25-21(30)12-13-28-22(31)19-6-4-5-7-20(19)29-23(28)26-27-24(29)32-15-18-10-8-17(3)9-11-18/h4-11,16H,12-15H2,1-3H3,(H,25,30). The maximum Gasteiger partial charge on any atom is 0.262 e. The molecular formula is C24H27N5O2S. The first-order valence-electron chi connectivity index (χ1n) is 10.8. The summed E-state index contributed by atoms with van der Waals surface area (Å²) in [5, 5.41) is 12.9. The van der Waals surface area contributed by atoms with Crippen LogP contribution >= 0.6 is 11.8 Å². The van der Waals surface area contributed by atoms with Crippen LogP contribution in [-0.4, -0.2) is 31.6 Å². The molecule has 0 saturated carbocycles. The molecule has 4 rings (SSSR count). The summed E-state index contributed by atoms with van der Waals surface area (Å²) in [6.45, 7) is 7.02. The van der Waals surface area contributed by atoms with Crippen LogP contribution in [0.1, 0.15) is 31.4 Å². The Morgan fingerprint density at radius 2 is 1.84 bits per heavy atom. The van der Waals surface area contributed by atoms with Gasteiger partial charge in [0.2, 0.25) is 11.7 Å². The van der Waals surface area contributed by atoms with Crippen molar-refractivity contribution >= 4 is 34.3 Å². The number of aromatic nitrogens is 4. The zero-order valence-corrected chi connectivity index (χ0v) is 19.4. The van der Waals surface area contributed by atoms with Crippen LogP contribution in [0, 0.1) is 12.8 Å². The molecule has 2 aromatic heterocycles. The first-order valence-corrected chi connectivity index (χ1v) is 11.7. The van der Waals surface area contributed by atoms with Crippen LogP contribution < -0.4 is 10.9 Å². The Kier molecular flexibility index (Phi) is 6.60. The number of para-hydroxylation sites is 1. The number of aryl methyl sites for hydroxylation is 2. The molecule has 2 aromatic carbocycles. The Morgan fingerprint density at radius 1 is 1.09 bits per heavy atom. The molecule has 0 saturated heterocycles. The lowest BCUT2D eigenvalue weighted by molar-refractivity contribution is -0.121. The lowest BCUT2D eigenvalue weighted by atomic mass is 10.2. The fourth-order valence-electron chi connectivity index (χ4n) is 3.48. The van der Waals surface area contributed by atoms with Gasteiger partial charge in [-0.25, -0.2) is 0 Å². The molecule has 0 aliphatic rings. The summed E-state index contributed by atoms with van der Waals surface area (Å²) in [4.78, 5) is 25.4. The molecule has 0 bridgehead atoms. The minimum atomic E-state index is -0.160. The normalized spacial score (nSPS) is 11.5. The molecule has 1 N–H and O–H groups in total. The molecule has 0 radical (unpaired) electrons. The van der Waals surface area contributed by atoms with Gasteiger partial charge in [0.25, 0.3) is 5.56 Å². The molecule has 0 fully saturated rings. The molecule has 8 heteroatoms. The lowest BCUT2D eigenvalue weighted by Crippen LogP contribution is -2.30. The van der Waals surface area contributed by atoms with E-state index in [1.54, 1.807) is 22.4 Å². The van der Waals surface area contributed by atoms with Gasteiger partial charge < -0.3 is 5.32 Å². The lowest BCUT2D eigenvalue weighted by Gasteiger charge is -2.12. The topological polar surface area (TPSA) is 81.3 Å². The van der Waals surface area contributed by atoms with Gasteiger partial charge in [0.15, 0.2) is 5.16 Å². The third-order valence-corrected chi connectivity index (χ3v) is 6.24. The Labute approximate surface area is 190 Å². The van der Waals surface area contributed by atoms with Crippen molar-refractivity contribution in [3.63, 3.8) is 0 Å². The number of hydrogen-bond donors (Lipinski definition) is 1. The number of nitrogens with one attached hydrogen (secondary N) is 1. The van der Waals surface area contributed by atoms with Crippen molar-refractivity contribution in [1.82, 2.24) is 24.5 Å². The summed E-state index contributed by atoms with van der Waals surface area (Å²) < 4.78 is 3.47. The fourth-order valence-corrected chi connectivity index (χ4v) is 4.38. The molecular weight excluding hydrogens is 422 g/mol. The number of thioether (sulfide) groups is 1. The summed E-state index contributed by atoms with van der Waals surface area (Å²) >= 11 is 1.58. The molecule has 0 atom stereocenters. The highest BCUT2D eigenvalue weighted by atomic mass is 32.2. The summed E-state index contributed by atoms with van der Waals surface area (Å²) in [5.41, 5.74) is 3.02. The van der Waals surface area contributed by atoms with Crippen LogP contribution in [0.15, 0.2) is 58.5 Å². The molecule has 166 valence electrons. The molecule has 0 aliphatic heterocycles. The fraction of sp³-hybridized carbons (Fsp3) is 0.333. The van der Waals surface area contributed by atoms with E-state index in [0.29, 0.717) is 23.6 Å². The Bertz CT molecular complexity index is 1310. The second-order valence-electron chi connectivity index (χ2n) is 8.31. The average molecular weight is 450 g/mol. The molecule has 0 aliphatic carbocycles. The summed E-state index contributed by atoms with van der Waals surface area (Å²) in [5.74, 6) is 1.49. The number of hydrogen-bond acceptors (Lipinski definition) is 5. The van der Waals surface area contributed by atoms with Gasteiger partial charge >= 0.3 is 0 Å². The second-order valence-corrected chi connectivity index (χ2v) is 9.26. The number of carbonyl (C=O) groups excluding carboxylic acids is 1. The van der Waals surface area contributed by atoms with E-state index in [4.69, 9.17) is 0 Å². The Morgan fingerprint density at radius 3 is 2.59 bits per heavy atom. The molecule has 32 heavy (non-hydrogen) atoms. The minimum Gasteiger partial charge on any atom is -0.356 e. The smallest absolute Gasteiger partial charge is 0.262 e. The van der Waals surface area contributed by atoms with Gasteiger partial charge in [0.1, 0.15) is 0 Å². The molecule has 7 nitrogen and oxygen atoms in total. The highest BCUT2D eigenvalue weighted by molar-refractivity contribution is 7.98. The summed E-state index contributed by atoms with van der Waals surface area (Å²) in [7, 11) is 0. The number of rotatable bonds is 8. The first-order chi connectivity index (χ1) is 15.4. The third-order valence-electron chi connectivity index (χ3n) is 5.24. The van der Waals surface area contributed by atoms with Crippen molar-refractivity contribution in [2.75, 3.05) is 6.54 Å². The maximum atomic E-state index is 13.2. The predicted molar refractivity (Wildman–Crippen MR) is 128 cm³/mol.